The summed E-state index contributed by atoms with van der Waals surface area (Å²) < 4.78 is 7.09. The van der Waals surface area contributed by atoms with Crippen molar-refractivity contribution in [1.82, 2.24) is 9.55 Å². The van der Waals surface area contributed by atoms with Gasteiger partial charge in [-0.15, -0.1) is 0 Å². The minimum Gasteiger partial charge on any atom is -0.483 e. The lowest BCUT2D eigenvalue weighted by atomic mass is 10.1. The van der Waals surface area contributed by atoms with Crippen molar-refractivity contribution < 1.29 is 9.53 Å². The first-order valence-corrected chi connectivity index (χ1v) is 11.5. The third-order valence-corrected chi connectivity index (χ3v) is 6.06. The van der Waals surface area contributed by atoms with E-state index < -0.39 is 17.2 Å². The molecule has 8 nitrogen and oxygen atoms in total. The van der Waals surface area contributed by atoms with Crippen molar-refractivity contribution in [2.24, 2.45) is 0 Å². The van der Waals surface area contributed by atoms with Crippen LogP contribution in [0.1, 0.15) is 22.3 Å². The number of carbonyl (C=O) groups is 1. The first kappa shape index (κ1) is 24.5. The second kappa shape index (κ2) is 10.8. The normalized spacial score (nSPS) is 10.7. The lowest BCUT2D eigenvalue weighted by molar-refractivity contribution is -0.120. The van der Waals surface area contributed by atoms with Crippen LogP contribution in [0.4, 0.5) is 11.5 Å². The van der Waals surface area contributed by atoms with Crippen LogP contribution in [0.3, 0.4) is 0 Å². The average Bonchev–Trinajstić information content (AvgIpc) is 2.88. The Labute approximate surface area is 208 Å². The summed E-state index contributed by atoms with van der Waals surface area (Å²) in [7, 11) is 0. The molecule has 0 saturated heterocycles. The average molecular weight is 485 g/mol. The molecule has 0 bridgehead atoms. The Bertz CT molecular complexity index is 1480. The van der Waals surface area contributed by atoms with Gasteiger partial charge in [-0.1, -0.05) is 72.8 Å². The van der Waals surface area contributed by atoms with E-state index in [0.29, 0.717) is 5.75 Å². The Hall–Kier alpha value is -4.59. The number of anilines is 2. The summed E-state index contributed by atoms with van der Waals surface area (Å²) in [6.45, 7) is 3.78. The zero-order valence-electron chi connectivity index (χ0n) is 20.2. The van der Waals surface area contributed by atoms with E-state index in [-0.39, 0.29) is 31.2 Å². The number of aromatic nitrogens is 2. The maximum absolute atomic E-state index is 13.5. The molecule has 0 atom stereocenters. The minimum atomic E-state index is -0.738. The minimum absolute atomic E-state index is 0.0760. The molecule has 4 aromatic rings. The predicted octanol–water partition coefficient (Wildman–Crippen LogP) is 3.40. The molecule has 0 fully saturated rings. The number of rotatable bonds is 8. The number of aromatic amines is 1. The highest BCUT2D eigenvalue weighted by molar-refractivity contribution is 5.96. The second-order valence-corrected chi connectivity index (χ2v) is 8.52. The summed E-state index contributed by atoms with van der Waals surface area (Å²) >= 11 is 0. The standard InChI is InChI=1S/C28H28N4O4/c1-19-10-9-15-23(20(19)2)36-18-24(33)31(16-21-11-5-3-6-12-21)25-26(29)32(28(35)30-27(25)34)17-22-13-7-4-8-14-22/h3-15H,16-18,29H2,1-2H3,(H,30,34,35). The third-order valence-electron chi connectivity index (χ3n) is 6.06. The zero-order chi connectivity index (χ0) is 25.7. The molecule has 4 rings (SSSR count). The molecule has 0 saturated carbocycles. The van der Waals surface area contributed by atoms with Crippen molar-refractivity contribution in [2.75, 3.05) is 17.2 Å². The van der Waals surface area contributed by atoms with Crippen LogP contribution in [-0.2, 0) is 17.9 Å². The number of hydrogen-bond donors (Lipinski definition) is 2. The molecule has 1 heterocycles. The monoisotopic (exact) mass is 484 g/mol. The lowest BCUT2D eigenvalue weighted by Gasteiger charge is -2.25. The van der Waals surface area contributed by atoms with Crippen LogP contribution in [0.5, 0.6) is 5.75 Å². The van der Waals surface area contributed by atoms with Crippen LogP contribution in [0.2, 0.25) is 0 Å². The van der Waals surface area contributed by atoms with E-state index in [0.717, 1.165) is 22.3 Å². The van der Waals surface area contributed by atoms with E-state index in [4.69, 9.17) is 10.5 Å². The van der Waals surface area contributed by atoms with Crippen molar-refractivity contribution in [3.8, 4) is 5.75 Å². The van der Waals surface area contributed by atoms with Crippen molar-refractivity contribution in [3.05, 3.63) is 122 Å². The van der Waals surface area contributed by atoms with Gasteiger partial charge >= 0.3 is 5.69 Å². The van der Waals surface area contributed by atoms with Gasteiger partial charge in [-0.05, 0) is 42.2 Å². The highest BCUT2D eigenvalue weighted by atomic mass is 16.5. The summed E-state index contributed by atoms with van der Waals surface area (Å²) in [5, 5.41) is 0. The lowest BCUT2D eigenvalue weighted by Crippen LogP contribution is -2.42. The quantitative estimate of drug-likeness (QED) is 0.398. The third kappa shape index (κ3) is 5.38. The highest BCUT2D eigenvalue weighted by Gasteiger charge is 2.25. The van der Waals surface area contributed by atoms with Gasteiger partial charge in [0, 0.05) is 0 Å². The van der Waals surface area contributed by atoms with Crippen LogP contribution < -0.4 is 26.6 Å². The Kier molecular flexibility index (Phi) is 7.34. The van der Waals surface area contributed by atoms with Crippen LogP contribution in [0.15, 0.2) is 88.5 Å². The largest absolute Gasteiger partial charge is 0.483 e. The molecule has 184 valence electrons. The van der Waals surface area contributed by atoms with Crippen molar-refractivity contribution in [2.45, 2.75) is 26.9 Å². The van der Waals surface area contributed by atoms with Crippen LogP contribution in [0, 0.1) is 13.8 Å². The number of ether oxygens (including phenoxy) is 1. The molecule has 0 radical (unpaired) electrons. The molecule has 36 heavy (non-hydrogen) atoms. The van der Waals surface area contributed by atoms with Gasteiger partial charge in [0.2, 0.25) is 0 Å². The number of amides is 1. The molecule has 0 spiro atoms. The topological polar surface area (TPSA) is 110 Å². The molecule has 0 unspecified atom stereocenters. The van der Waals surface area contributed by atoms with Crippen LogP contribution in [0.25, 0.3) is 0 Å². The smallest absolute Gasteiger partial charge is 0.330 e. The maximum atomic E-state index is 13.5. The predicted molar refractivity (Wildman–Crippen MR) is 140 cm³/mol. The van der Waals surface area contributed by atoms with E-state index in [2.05, 4.69) is 4.98 Å². The van der Waals surface area contributed by atoms with E-state index in [9.17, 15) is 14.4 Å². The number of benzene rings is 3. The highest BCUT2D eigenvalue weighted by Crippen LogP contribution is 2.23. The van der Waals surface area contributed by atoms with Gasteiger partial charge in [0.15, 0.2) is 12.3 Å². The molecule has 3 aromatic carbocycles. The van der Waals surface area contributed by atoms with E-state index in [1.165, 1.54) is 9.47 Å². The summed E-state index contributed by atoms with van der Waals surface area (Å²) in [5.74, 6) is 0.0180. The number of nitrogens with two attached hydrogens (primary N) is 1. The Morgan fingerprint density at radius 3 is 2.22 bits per heavy atom. The fourth-order valence-electron chi connectivity index (χ4n) is 3.92. The molecule has 8 heteroatoms. The van der Waals surface area contributed by atoms with E-state index in [1.807, 2.05) is 86.6 Å². The number of nitrogens with zero attached hydrogens (tertiary/aromatic N) is 2. The summed E-state index contributed by atoms with van der Waals surface area (Å²) in [6, 6.07) is 24.1. The van der Waals surface area contributed by atoms with Crippen LogP contribution in [-0.4, -0.2) is 22.1 Å². The summed E-state index contributed by atoms with van der Waals surface area (Å²) in [4.78, 5) is 42.7. The molecular formula is C28H28N4O4. The Balaban J connectivity index is 1.72. The van der Waals surface area contributed by atoms with Gasteiger partial charge in [-0.25, -0.2) is 4.79 Å². The van der Waals surface area contributed by atoms with Gasteiger partial charge in [-0.2, -0.15) is 0 Å². The number of hydrogen-bond acceptors (Lipinski definition) is 5. The number of aryl methyl sites for hydroxylation is 1. The molecule has 3 N–H and O–H groups in total. The van der Waals surface area contributed by atoms with Gasteiger partial charge in [0.1, 0.15) is 11.6 Å². The number of H-pyrrole nitrogens is 1. The number of carbonyl (C=O) groups excluding carboxylic acids is 1. The Morgan fingerprint density at radius 2 is 1.56 bits per heavy atom. The van der Waals surface area contributed by atoms with Crippen molar-refractivity contribution >= 4 is 17.4 Å². The molecule has 1 aromatic heterocycles. The number of nitrogens with one attached hydrogen (secondary N) is 1. The van der Waals surface area contributed by atoms with E-state index in [1.54, 1.807) is 6.07 Å². The molecule has 1 amide bonds. The Morgan fingerprint density at radius 1 is 0.917 bits per heavy atom. The van der Waals surface area contributed by atoms with Gasteiger partial charge < -0.3 is 10.5 Å². The fourth-order valence-corrected chi connectivity index (χ4v) is 3.92. The van der Waals surface area contributed by atoms with Gasteiger partial charge in [-0.3, -0.25) is 24.0 Å². The summed E-state index contributed by atoms with van der Waals surface area (Å²) in [6.07, 6.45) is 0. The molecular weight excluding hydrogens is 456 g/mol. The SMILES string of the molecule is Cc1cccc(OCC(=O)N(Cc2ccccc2)c2c(N)n(Cc3ccccc3)c(=O)[nH]c2=O)c1C. The zero-order valence-corrected chi connectivity index (χ0v) is 20.2. The first-order valence-electron chi connectivity index (χ1n) is 11.5. The van der Waals surface area contributed by atoms with Crippen LogP contribution >= 0.6 is 0 Å². The number of nitrogen functional groups attached to an aromatic ring is 1. The van der Waals surface area contributed by atoms with E-state index >= 15 is 0 Å². The molecule has 0 aliphatic carbocycles. The maximum Gasteiger partial charge on any atom is 0.330 e. The molecule has 0 aliphatic rings. The fraction of sp³-hybridized carbons (Fsp3) is 0.179. The van der Waals surface area contributed by atoms with Crippen molar-refractivity contribution in [3.63, 3.8) is 0 Å². The second-order valence-electron chi connectivity index (χ2n) is 8.52. The molecule has 0 aliphatic heterocycles. The first-order chi connectivity index (χ1) is 17.3. The van der Waals surface area contributed by atoms with Gasteiger partial charge in [0.25, 0.3) is 11.5 Å². The van der Waals surface area contributed by atoms with Crippen molar-refractivity contribution in [1.29, 1.82) is 0 Å². The van der Waals surface area contributed by atoms with Gasteiger partial charge in [0.05, 0.1) is 13.1 Å². The summed E-state index contributed by atoms with van der Waals surface area (Å²) in [5.41, 5.74) is 8.48.